The van der Waals surface area contributed by atoms with Gasteiger partial charge in [-0.15, -0.1) is 0 Å². The van der Waals surface area contributed by atoms with E-state index in [1.807, 2.05) is 45.0 Å². The van der Waals surface area contributed by atoms with Crippen LogP contribution in [0.25, 0.3) is 11.3 Å². The number of nitrogens with zero attached hydrogens (tertiary/aromatic N) is 1. The highest BCUT2D eigenvalue weighted by Gasteiger charge is 2.08. The second-order valence-corrected chi connectivity index (χ2v) is 4.66. The molecule has 1 aromatic carbocycles. The Bertz CT molecular complexity index is 653. The van der Waals surface area contributed by atoms with Crippen molar-refractivity contribution >= 4 is 12.2 Å². The monoisotopic (exact) mass is 290 g/mol. The van der Waals surface area contributed by atoms with Crippen LogP contribution in [0.1, 0.15) is 19.7 Å². The molecule has 0 unspecified atom stereocenters. The highest BCUT2D eigenvalue weighted by atomic mass is 32.1. The molecular weight excluding hydrogens is 272 g/mol. The summed E-state index contributed by atoms with van der Waals surface area (Å²) in [6.45, 7) is 6.99. The minimum atomic E-state index is 0.572. The standard InChI is InChI=1S/C15H18N2O2S/c1-4-18-13-7-6-11(8-14(13)19-5-2)12-9-15(20)17-10(3)16-12/h6-9H,4-5H2,1-3H3,(H,16,17,20). The van der Waals surface area contributed by atoms with Crippen LogP contribution in [0.3, 0.4) is 0 Å². The molecule has 1 aromatic heterocycles. The number of nitrogens with one attached hydrogen (secondary N) is 1. The first-order valence-corrected chi connectivity index (χ1v) is 7.02. The minimum Gasteiger partial charge on any atom is -0.490 e. The van der Waals surface area contributed by atoms with Gasteiger partial charge < -0.3 is 14.5 Å². The van der Waals surface area contributed by atoms with Gasteiger partial charge in [0, 0.05) is 11.3 Å². The fourth-order valence-corrected chi connectivity index (χ4v) is 2.21. The Morgan fingerprint density at radius 2 is 1.80 bits per heavy atom. The quantitative estimate of drug-likeness (QED) is 0.848. The number of H-pyrrole nitrogens is 1. The molecule has 0 aliphatic heterocycles. The summed E-state index contributed by atoms with van der Waals surface area (Å²) in [5, 5.41) is 0. The molecule has 0 atom stereocenters. The van der Waals surface area contributed by atoms with E-state index in [4.69, 9.17) is 21.7 Å². The first-order valence-electron chi connectivity index (χ1n) is 6.62. The lowest BCUT2D eigenvalue weighted by Gasteiger charge is -2.12. The SMILES string of the molecule is CCOc1ccc(-c2cc(=S)nc(C)[nH]2)cc1OCC. The van der Waals surface area contributed by atoms with Gasteiger partial charge in [0.15, 0.2) is 11.5 Å². The third kappa shape index (κ3) is 3.36. The lowest BCUT2D eigenvalue weighted by molar-refractivity contribution is 0.288. The first-order chi connectivity index (χ1) is 9.63. The molecule has 0 spiro atoms. The van der Waals surface area contributed by atoms with Crippen LogP contribution in [-0.4, -0.2) is 23.2 Å². The van der Waals surface area contributed by atoms with Crippen LogP contribution in [0.5, 0.6) is 11.5 Å². The van der Waals surface area contributed by atoms with Crippen molar-refractivity contribution in [3.8, 4) is 22.8 Å². The fraction of sp³-hybridized carbons (Fsp3) is 0.333. The molecule has 0 saturated carbocycles. The Morgan fingerprint density at radius 3 is 2.45 bits per heavy atom. The van der Waals surface area contributed by atoms with Crippen LogP contribution in [0.2, 0.25) is 0 Å². The number of rotatable bonds is 5. The van der Waals surface area contributed by atoms with Gasteiger partial charge in [0.1, 0.15) is 10.5 Å². The van der Waals surface area contributed by atoms with Gasteiger partial charge in [-0.3, -0.25) is 0 Å². The van der Waals surface area contributed by atoms with Gasteiger partial charge >= 0.3 is 0 Å². The molecule has 0 amide bonds. The van der Waals surface area contributed by atoms with Gasteiger partial charge in [0.05, 0.1) is 13.2 Å². The summed E-state index contributed by atoms with van der Waals surface area (Å²) in [5.74, 6) is 2.28. The Hall–Kier alpha value is -1.88. The summed E-state index contributed by atoms with van der Waals surface area (Å²) >= 11 is 5.15. The van der Waals surface area contributed by atoms with Gasteiger partial charge in [-0.1, -0.05) is 12.2 Å². The maximum absolute atomic E-state index is 5.63. The summed E-state index contributed by atoms with van der Waals surface area (Å²) in [4.78, 5) is 7.38. The number of hydrogen-bond donors (Lipinski definition) is 1. The van der Waals surface area contributed by atoms with Crippen molar-refractivity contribution in [2.24, 2.45) is 0 Å². The van der Waals surface area contributed by atoms with Crippen molar-refractivity contribution in [2.75, 3.05) is 13.2 Å². The largest absolute Gasteiger partial charge is 0.490 e. The Kier molecular flexibility index (Phi) is 4.74. The minimum absolute atomic E-state index is 0.572. The van der Waals surface area contributed by atoms with E-state index in [0.29, 0.717) is 17.9 Å². The van der Waals surface area contributed by atoms with Crippen LogP contribution in [0.15, 0.2) is 24.3 Å². The van der Waals surface area contributed by atoms with Gasteiger partial charge in [-0.25, -0.2) is 4.98 Å². The van der Waals surface area contributed by atoms with E-state index in [1.54, 1.807) is 0 Å². The fourth-order valence-electron chi connectivity index (χ4n) is 1.95. The Balaban J connectivity index is 2.46. The number of aromatic nitrogens is 2. The summed E-state index contributed by atoms with van der Waals surface area (Å²) < 4.78 is 11.8. The molecule has 0 saturated heterocycles. The van der Waals surface area contributed by atoms with Crippen molar-refractivity contribution in [3.05, 3.63) is 34.7 Å². The van der Waals surface area contributed by atoms with Crippen molar-refractivity contribution in [1.29, 1.82) is 0 Å². The average molecular weight is 290 g/mol. The first kappa shape index (κ1) is 14.5. The molecule has 0 radical (unpaired) electrons. The smallest absolute Gasteiger partial charge is 0.161 e. The molecule has 2 aromatic rings. The maximum Gasteiger partial charge on any atom is 0.161 e. The van der Waals surface area contributed by atoms with Gasteiger partial charge in [0.2, 0.25) is 0 Å². The van der Waals surface area contributed by atoms with E-state index in [2.05, 4.69) is 9.97 Å². The van der Waals surface area contributed by atoms with E-state index < -0.39 is 0 Å². The number of aromatic amines is 1. The molecule has 4 nitrogen and oxygen atoms in total. The molecule has 106 valence electrons. The Labute approximate surface area is 123 Å². The van der Waals surface area contributed by atoms with E-state index in [0.717, 1.165) is 28.6 Å². The van der Waals surface area contributed by atoms with E-state index in [9.17, 15) is 0 Å². The second kappa shape index (κ2) is 6.52. The van der Waals surface area contributed by atoms with Crippen LogP contribution >= 0.6 is 12.2 Å². The summed E-state index contributed by atoms with van der Waals surface area (Å²) in [7, 11) is 0. The second-order valence-electron chi connectivity index (χ2n) is 4.25. The lowest BCUT2D eigenvalue weighted by Crippen LogP contribution is -1.99. The number of benzene rings is 1. The Morgan fingerprint density at radius 1 is 1.10 bits per heavy atom. The lowest BCUT2D eigenvalue weighted by atomic mass is 10.1. The van der Waals surface area contributed by atoms with Crippen LogP contribution in [0.4, 0.5) is 0 Å². The topological polar surface area (TPSA) is 47.1 Å². The molecule has 0 bridgehead atoms. The van der Waals surface area contributed by atoms with Crippen LogP contribution in [0, 0.1) is 11.6 Å². The third-order valence-electron chi connectivity index (χ3n) is 2.72. The summed E-state index contributed by atoms with van der Waals surface area (Å²) in [6.07, 6.45) is 0. The van der Waals surface area contributed by atoms with Gasteiger partial charge in [-0.05, 0) is 45.0 Å². The number of hydrogen-bond acceptors (Lipinski definition) is 4. The average Bonchev–Trinajstić information content (AvgIpc) is 2.40. The zero-order chi connectivity index (χ0) is 14.5. The van der Waals surface area contributed by atoms with Crippen molar-refractivity contribution in [2.45, 2.75) is 20.8 Å². The maximum atomic E-state index is 5.63. The predicted molar refractivity (Wildman–Crippen MR) is 81.9 cm³/mol. The highest BCUT2D eigenvalue weighted by Crippen LogP contribution is 2.32. The number of aryl methyl sites for hydroxylation is 1. The van der Waals surface area contributed by atoms with E-state index in [-0.39, 0.29) is 0 Å². The molecule has 0 fully saturated rings. The molecular formula is C15H18N2O2S. The molecule has 5 heteroatoms. The zero-order valence-electron chi connectivity index (χ0n) is 11.9. The zero-order valence-corrected chi connectivity index (χ0v) is 12.7. The van der Waals surface area contributed by atoms with E-state index >= 15 is 0 Å². The van der Waals surface area contributed by atoms with Crippen LogP contribution < -0.4 is 9.47 Å². The molecule has 0 aliphatic carbocycles. The van der Waals surface area contributed by atoms with E-state index in [1.165, 1.54) is 0 Å². The molecule has 2 rings (SSSR count). The summed E-state index contributed by atoms with van der Waals surface area (Å²) in [5.41, 5.74) is 1.92. The van der Waals surface area contributed by atoms with Crippen LogP contribution in [-0.2, 0) is 0 Å². The van der Waals surface area contributed by atoms with Crippen molar-refractivity contribution in [3.63, 3.8) is 0 Å². The molecule has 1 heterocycles. The summed E-state index contributed by atoms with van der Waals surface area (Å²) in [6, 6.07) is 7.69. The van der Waals surface area contributed by atoms with Gasteiger partial charge in [0.25, 0.3) is 0 Å². The molecule has 1 N–H and O–H groups in total. The number of ether oxygens (including phenoxy) is 2. The predicted octanol–water partition coefficient (Wildman–Crippen LogP) is 3.91. The van der Waals surface area contributed by atoms with Gasteiger partial charge in [-0.2, -0.15) is 0 Å². The molecule has 0 aliphatic rings. The normalized spacial score (nSPS) is 10.3. The van der Waals surface area contributed by atoms with Crippen molar-refractivity contribution in [1.82, 2.24) is 9.97 Å². The third-order valence-corrected chi connectivity index (χ3v) is 2.92. The highest BCUT2D eigenvalue weighted by molar-refractivity contribution is 7.71. The van der Waals surface area contributed by atoms with Crippen molar-refractivity contribution < 1.29 is 9.47 Å². The molecule has 20 heavy (non-hydrogen) atoms.